The van der Waals surface area contributed by atoms with Crippen molar-refractivity contribution in [2.45, 2.75) is 19.9 Å². The van der Waals surface area contributed by atoms with Crippen LogP contribution < -0.4 is 0 Å². The van der Waals surface area contributed by atoms with Gasteiger partial charge in [0.1, 0.15) is 5.65 Å². The van der Waals surface area contributed by atoms with Gasteiger partial charge in [-0.2, -0.15) is 0 Å². The van der Waals surface area contributed by atoms with E-state index in [-0.39, 0.29) is 5.91 Å². The number of carbonyl (C=O) groups is 1. The first-order valence-corrected chi connectivity index (χ1v) is 9.57. The van der Waals surface area contributed by atoms with E-state index in [0.29, 0.717) is 5.92 Å². The first-order valence-electron chi connectivity index (χ1n) is 9.57. The average Bonchev–Trinajstić information content (AvgIpc) is 3.28. The van der Waals surface area contributed by atoms with Gasteiger partial charge >= 0.3 is 0 Å². The molecule has 5 nitrogen and oxygen atoms in total. The second-order valence-electron chi connectivity index (χ2n) is 7.52. The fraction of sp³-hybridized carbons (Fsp3) is 0.364. The van der Waals surface area contributed by atoms with Crippen LogP contribution in [0.2, 0.25) is 0 Å². The molecule has 1 unspecified atom stereocenters. The summed E-state index contributed by atoms with van der Waals surface area (Å²) in [6.07, 6.45) is 3.17. The number of nitrogens with zero attached hydrogens (tertiary/aromatic N) is 4. The predicted molar refractivity (Wildman–Crippen MR) is 107 cm³/mol. The predicted octanol–water partition coefficient (Wildman–Crippen LogP) is 3.30. The molecule has 1 aliphatic heterocycles. The van der Waals surface area contributed by atoms with E-state index in [1.54, 1.807) is 6.92 Å². The molecular formula is C22H26N4O. The highest BCUT2D eigenvalue weighted by molar-refractivity contribution is 5.73. The third-order valence-corrected chi connectivity index (χ3v) is 5.40. The Morgan fingerprint density at radius 3 is 2.70 bits per heavy atom. The summed E-state index contributed by atoms with van der Waals surface area (Å²) < 4.78 is 2.19. The molecule has 0 aliphatic carbocycles. The molecule has 0 bridgehead atoms. The number of likely N-dealkylation sites (tertiary alicyclic amines) is 1. The second kappa shape index (κ2) is 7.53. The Labute approximate surface area is 160 Å². The third-order valence-electron chi connectivity index (χ3n) is 5.40. The molecule has 2 aromatic heterocycles. The molecule has 5 heteroatoms. The number of pyridine rings is 1. The minimum absolute atomic E-state index is 0.188. The molecule has 1 aliphatic rings. The van der Waals surface area contributed by atoms with Gasteiger partial charge in [-0.1, -0.05) is 36.4 Å². The average molecular weight is 362 g/mol. The Bertz CT molecular complexity index is 934. The lowest BCUT2D eigenvalue weighted by molar-refractivity contribution is -0.127. The van der Waals surface area contributed by atoms with Crippen LogP contribution in [-0.2, 0) is 11.3 Å². The second-order valence-corrected chi connectivity index (χ2v) is 7.52. The van der Waals surface area contributed by atoms with E-state index in [1.807, 2.05) is 17.0 Å². The van der Waals surface area contributed by atoms with Gasteiger partial charge < -0.3 is 14.2 Å². The lowest BCUT2D eigenvalue weighted by Gasteiger charge is -2.21. The first-order chi connectivity index (χ1) is 13.1. The summed E-state index contributed by atoms with van der Waals surface area (Å²) in [5, 5.41) is 0. The zero-order valence-corrected chi connectivity index (χ0v) is 16.0. The maximum absolute atomic E-state index is 11.6. The molecule has 0 radical (unpaired) electrons. The standard InChI is InChI=1S/C22H26N4O/c1-17(27)25-13-11-18(15-25)14-24(2)16-20-22(19-8-4-3-5-9-19)23-21-10-6-7-12-26(20)21/h3-10,12,18H,11,13-16H2,1-2H3. The lowest BCUT2D eigenvalue weighted by Crippen LogP contribution is -2.30. The number of carbonyl (C=O) groups excluding carboxylic acids is 1. The summed E-state index contributed by atoms with van der Waals surface area (Å²) in [7, 11) is 2.16. The molecule has 1 saturated heterocycles. The van der Waals surface area contributed by atoms with Crippen molar-refractivity contribution in [3.63, 3.8) is 0 Å². The quantitative estimate of drug-likeness (QED) is 0.699. The highest BCUT2D eigenvalue weighted by atomic mass is 16.2. The Kier molecular flexibility index (Phi) is 4.94. The van der Waals surface area contributed by atoms with E-state index in [4.69, 9.17) is 4.98 Å². The number of amides is 1. The molecule has 1 atom stereocenters. The highest BCUT2D eigenvalue weighted by Gasteiger charge is 2.25. The molecule has 140 valence electrons. The maximum Gasteiger partial charge on any atom is 0.219 e. The largest absolute Gasteiger partial charge is 0.343 e. The summed E-state index contributed by atoms with van der Waals surface area (Å²) in [4.78, 5) is 20.8. The molecule has 1 fully saturated rings. The number of rotatable bonds is 5. The van der Waals surface area contributed by atoms with Crippen LogP contribution in [0.15, 0.2) is 54.7 Å². The van der Waals surface area contributed by atoms with Crippen molar-refractivity contribution < 1.29 is 4.79 Å². The van der Waals surface area contributed by atoms with E-state index in [0.717, 1.165) is 49.5 Å². The van der Waals surface area contributed by atoms with Crippen LogP contribution in [0.5, 0.6) is 0 Å². The highest BCUT2D eigenvalue weighted by Crippen LogP contribution is 2.26. The van der Waals surface area contributed by atoms with E-state index < -0.39 is 0 Å². The fourth-order valence-corrected chi connectivity index (χ4v) is 4.05. The van der Waals surface area contributed by atoms with Crippen molar-refractivity contribution in [2.75, 3.05) is 26.7 Å². The number of hydrogen-bond donors (Lipinski definition) is 0. The lowest BCUT2D eigenvalue weighted by atomic mass is 10.1. The minimum Gasteiger partial charge on any atom is -0.343 e. The topological polar surface area (TPSA) is 40.9 Å². The van der Waals surface area contributed by atoms with Gasteiger partial charge in [-0.05, 0) is 31.5 Å². The number of benzene rings is 1. The molecule has 0 spiro atoms. The van der Waals surface area contributed by atoms with Gasteiger partial charge in [0, 0.05) is 44.9 Å². The van der Waals surface area contributed by atoms with Crippen LogP contribution in [0.25, 0.3) is 16.9 Å². The SMILES string of the molecule is CC(=O)N1CCC(CN(C)Cc2c(-c3ccccc3)nc3ccccn23)C1. The molecule has 1 aromatic carbocycles. The van der Waals surface area contributed by atoms with Gasteiger partial charge in [0.15, 0.2) is 0 Å². The molecule has 1 amide bonds. The van der Waals surface area contributed by atoms with Gasteiger partial charge in [-0.25, -0.2) is 4.98 Å². The molecule has 0 saturated carbocycles. The van der Waals surface area contributed by atoms with Crippen molar-refractivity contribution in [3.8, 4) is 11.3 Å². The van der Waals surface area contributed by atoms with Crippen LogP contribution in [0.4, 0.5) is 0 Å². The Hall–Kier alpha value is -2.66. The van der Waals surface area contributed by atoms with E-state index in [1.165, 1.54) is 5.69 Å². The summed E-state index contributed by atoms with van der Waals surface area (Å²) in [6, 6.07) is 16.5. The Morgan fingerprint density at radius 1 is 1.19 bits per heavy atom. The molecular weight excluding hydrogens is 336 g/mol. The van der Waals surface area contributed by atoms with Crippen molar-refractivity contribution >= 4 is 11.6 Å². The van der Waals surface area contributed by atoms with Gasteiger partial charge in [0.25, 0.3) is 0 Å². The van der Waals surface area contributed by atoms with Gasteiger partial charge in [-0.3, -0.25) is 4.79 Å². The zero-order valence-electron chi connectivity index (χ0n) is 16.0. The molecule has 4 rings (SSSR count). The number of hydrogen-bond acceptors (Lipinski definition) is 3. The van der Waals surface area contributed by atoms with E-state index in [2.05, 4.69) is 58.9 Å². The Balaban J connectivity index is 1.57. The fourth-order valence-electron chi connectivity index (χ4n) is 4.05. The van der Waals surface area contributed by atoms with Crippen LogP contribution in [0, 0.1) is 5.92 Å². The maximum atomic E-state index is 11.6. The normalized spacial score (nSPS) is 17.1. The monoisotopic (exact) mass is 362 g/mol. The number of imidazole rings is 1. The van der Waals surface area contributed by atoms with Gasteiger partial charge in [-0.15, -0.1) is 0 Å². The van der Waals surface area contributed by atoms with Crippen LogP contribution >= 0.6 is 0 Å². The number of fused-ring (bicyclic) bond motifs is 1. The van der Waals surface area contributed by atoms with Crippen LogP contribution in [0.1, 0.15) is 19.0 Å². The molecule has 27 heavy (non-hydrogen) atoms. The summed E-state index contributed by atoms with van der Waals surface area (Å²) in [6.45, 7) is 5.23. The number of aromatic nitrogens is 2. The van der Waals surface area contributed by atoms with Crippen molar-refractivity contribution in [1.82, 2.24) is 19.2 Å². The smallest absolute Gasteiger partial charge is 0.219 e. The summed E-state index contributed by atoms with van der Waals surface area (Å²) in [5.74, 6) is 0.728. The third kappa shape index (κ3) is 3.74. The van der Waals surface area contributed by atoms with Crippen molar-refractivity contribution in [2.24, 2.45) is 5.92 Å². The molecule has 0 N–H and O–H groups in total. The van der Waals surface area contributed by atoms with E-state index >= 15 is 0 Å². The summed E-state index contributed by atoms with van der Waals surface area (Å²) >= 11 is 0. The molecule has 3 heterocycles. The summed E-state index contributed by atoms with van der Waals surface area (Å²) in [5.41, 5.74) is 4.38. The van der Waals surface area contributed by atoms with Crippen LogP contribution in [0.3, 0.4) is 0 Å². The van der Waals surface area contributed by atoms with Gasteiger partial charge in [0.2, 0.25) is 5.91 Å². The van der Waals surface area contributed by atoms with Gasteiger partial charge in [0.05, 0.1) is 11.4 Å². The van der Waals surface area contributed by atoms with Crippen LogP contribution in [-0.4, -0.2) is 51.8 Å². The minimum atomic E-state index is 0.188. The Morgan fingerprint density at radius 2 is 1.96 bits per heavy atom. The van der Waals surface area contributed by atoms with E-state index in [9.17, 15) is 4.79 Å². The zero-order chi connectivity index (χ0) is 18.8. The van der Waals surface area contributed by atoms with Crippen molar-refractivity contribution in [1.29, 1.82) is 0 Å². The van der Waals surface area contributed by atoms with Crippen molar-refractivity contribution in [3.05, 3.63) is 60.4 Å². The first kappa shape index (κ1) is 17.7. The molecule has 3 aromatic rings.